The van der Waals surface area contributed by atoms with Crippen molar-refractivity contribution < 1.29 is 13.9 Å². The average Bonchev–Trinajstić information content (AvgIpc) is 2.44. The molecule has 1 aliphatic heterocycles. The number of fused-ring (bicyclic) bond motifs is 2. The van der Waals surface area contributed by atoms with Gasteiger partial charge in [-0.25, -0.2) is 4.79 Å². The van der Waals surface area contributed by atoms with Crippen molar-refractivity contribution >= 4 is 26.9 Å². The van der Waals surface area contributed by atoms with Crippen LogP contribution in [-0.2, 0) is 6.42 Å². The van der Waals surface area contributed by atoms with Crippen molar-refractivity contribution in [3.05, 3.63) is 33.7 Å². The number of alkyl halides is 1. The lowest BCUT2D eigenvalue weighted by Gasteiger charge is -2.33. The molecule has 118 valence electrons. The maximum absolute atomic E-state index is 11.8. The first-order valence-corrected chi connectivity index (χ1v) is 8.51. The minimum absolute atomic E-state index is 0.253. The molecule has 22 heavy (non-hydrogen) atoms. The number of hydrogen-bond donors (Lipinski definition) is 0. The second kappa shape index (κ2) is 5.61. The minimum Gasteiger partial charge on any atom is -0.485 e. The van der Waals surface area contributed by atoms with Crippen LogP contribution in [0, 0.1) is 6.92 Å². The second-order valence-electron chi connectivity index (χ2n) is 6.22. The van der Waals surface area contributed by atoms with Crippen LogP contribution in [-0.4, -0.2) is 17.5 Å². The van der Waals surface area contributed by atoms with Crippen molar-refractivity contribution in [2.24, 2.45) is 0 Å². The van der Waals surface area contributed by atoms with Gasteiger partial charge in [-0.2, -0.15) is 0 Å². The molecule has 0 aliphatic carbocycles. The molecule has 0 bridgehead atoms. The molecular formula is C17H19BrO4. The zero-order valence-electron chi connectivity index (χ0n) is 13.0. The maximum atomic E-state index is 11.8. The third kappa shape index (κ3) is 2.74. The van der Waals surface area contributed by atoms with E-state index in [4.69, 9.17) is 13.9 Å². The summed E-state index contributed by atoms with van der Waals surface area (Å²) in [6.07, 6.45) is 1.86. The quantitative estimate of drug-likeness (QED) is 0.608. The van der Waals surface area contributed by atoms with Gasteiger partial charge in [0.25, 0.3) is 0 Å². The fourth-order valence-electron chi connectivity index (χ4n) is 2.79. The standard InChI is InChI=1S/C17H19BrO4/c1-10-8-13(19)21-15-12(10)9-11-4-5-17(2,3)22-14(11)16(15)20-7-6-18/h8-9H,4-7H2,1-3H3. The van der Waals surface area contributed by atoms with E-state index in [0.717, 1.165) is 29.4 Å². The Morgan fingerprint density at radius 1 is 1.36 bits per heavy atom. The molecule has 1 aromatic heterocycles. The van der Waals surface area contributed by atoms with E-state index in [1.807, 2.05) is 6.92 Å². The number of benzene rings is 1. The van der Waals surface area contributed by atoms with Gasteiger partial charge in [0.2, 0.25) is 5.75 Å². The predicted molar refractivity (Wildman–Crippen MR) is 89.5 cm³/mol. The predicted octanol–water partition coefficient (Wildman–Crippen LogP) is 3.98. The molecular weight excluding hydrogens is 348 g/mol. The summed E-state index contributed by atoms with van der Waals surface area (Å²) in [5.74, 6) is 1.25. The normalized spacial score (nSPS) is 16.2. The van der Waals surface area contributed by atoms with E-state index in [-0.39, 0.29) is 11.2 Å². The van der Waals surface area contributed by atoms with Crippen molar-refractivity contribution in [2.45, 2.75) is 39.2 Å². The average molecular weight is 367 g/mol. The molecule has 2 aromatic rings. The summed E-state index contributed by atoms with van der Waals surface area (Å²) in [5, 5.41) is 1.60. The van der Waals surface area contributed by atoms with E-state index in [0.29, 0.717) is 29.0 Å². The Bertz CT molecular complexity index is 776. The van der Waals surface area contributed by atoms with Crippen LogP contribution in [0.2, 0.25) is 0 Å². The molecule has 0 atom stereocenters. The maximum Gasteiger partial charge on any atom is 0.336 e. The first-order valence-electron chi connectivity index (χ1n) is 7.39. The Hall–Kier alpha value is -1.49. The molecule has 1 aromatic carbocycles. The number of hydrogen-bond acceptors (Lipinski definition) is 4. The van der Waals surface area contributed by atoms with E-state index in [9.17, 15) is 4.79 Å². The van der Waals surface area contributed by atoms with Gasteiger partial charge in [-0.3, -0.25) is 0 Å². The van der Waals surface area contributed by atoms with Crippen molar-refractivity contribution in [3.8, 4) is 11.5 Å². The van der Waals surface area contributed by atoms with E-state index in [1.165, 1.54) is 6.07 Å². The van der Waals surface area contributed by atoms with E-state index in [2.05, 4.69) is 35.8 Å². The van der Waals surface area contributed by atoms with Crippen LogP contribution in [0.3, 0.4) is 0 Å². The molecule has 3 rings (SSSR count). The summed E-state index contributed by atoms with van der Waals surface area (Å²) in [7, 11) is 0. The highest BCUT2D eigenvalue weighted by molar-refractivity contribution is 9.09. The number of halogens is 1. The van der Waals surface area contributed by atoms with E-state index < -0.39 is 0 Å². The second-order valence-corrected chi connectivity index (χ2v) is 7.01. The molecule has 1 aliphatic rings. The van der Waals surface area contributed by atoms with Gasteiger partial charge in [-0.05, 0) is 50.8 Å². The van der Waals surface area contributed by atoms with Crippen LogP contribution in [0.25, 0.3) is 11.0 Å². The zero-order valence-corrected chi connectivity index (χ0v) is 14.6. The van der Waals surface area contributed by atoms with E-state index in [1.54, 1.807) is 0 Å². The third-order valence-electron chi connectivity index (χ3n) is 3.93. The van der Waals surface area contributed by atoms with Gasteiger partial charge in [0.1, 0.15) is 5.60 Å². The van der Waals surface area contributed by atoms with Gasteiger partial charge in [-0.1, -0.05) is 15.9 Å². The molecule has 0 amide bonds. The Labute approximate surface area is 137 Å². The third-order valence-corrected chi connectivity index (χ3v) is 4.25. The van der Waals surface area contributed by atoms with Crippen LogP contribution in [0.5, 0.6) is 11.5 Å². The lowest BCUT2D eigenvalue weighted by molar-refractivity contribution is 0.0797. The summed E-state index contributed by atoms with van der Waals surface area (Å²) in [4.78, 5) is 11.8. The fourth-order valence-corrected chi connectivity index (χ4v) is 2.95. The number of rotatable bonds is 3. The molecule has 0 unspecified atom stereocenters. The summed E-state index contributed by atoms with van der Waals surface area (Å²) in [6.45, 7) is 6.50. The highest BCUT2D eigenvalue weighted by Crippen LogP contribution is 2.45. The first-order chi connectivity index (χ1) is 10.4. The van der Waals surface area contributed by atoms with Gasteiger partial charge >= 0.3 is 5.63 Å². The van der Waals surface area contributed by atoms with Crippen LogP contribution in [0.1, 0.15) is 31.4 Å². The topological polar surface area (TPSA) is 48.7 Å². The number of aryl methyl sites for hydroxylation is 2. The van der Waals surface area contributed by atoms with Crippen LogP contribution < -0.4 is 15.1 Å². The summed E-state index contributed by atoms with van der Waals surface area (Å²) < 4.78 is 17.4. The van der Waals surface area contributed by atoms with E-state index >= 15 is 0 Å². The number of ether oxygens (including phenoxy) is 2. The summed E-state index contributed by atoms with van der Waals surface area (Å²) in [5.41, 5.74) is 1.85. The molecule has 4 nitrogen and oxygen atoms in total. The van der Waals surface area contributed by atoms with Crippen molar-refractivity contribution in [3.63, 3.8) is 0 Å². The highest BCUT2D eigenvalue weighted by Gasteiger charge is 2.31. The van der Waals surface area contributed by atoms with Gasteiger partial charge in [-0.15, -0.1) is 0 Å². The SMILES string of the molecule is Cc1cc(=O)oc2c(OCCBr)c3c(cc12)CCC(C)(C)O3. The molecule has 0 radical (unpaired) electrons. The van der Waals surface area contributed by atoms with Gasteiger partial charge < -0.3 is 13.9 Å². The monoisotopic (exact) mass is 366 g/mol. The molecule has 0 saturated carbocycles. The minimum atomic E-state index is -0.372. The van der Waals surface area contributed by atoms with Crippen molar-refractivity contribution in [2.75, 3.05) is 11.9 Å². The molecule has 5 heteroatoms. The summed E-state index contributed by atoms with van der Waals surface area (Å²) >= 11 is 3.36. The fraction of sp³-hybridized carbons (Fsp3) is 0.471. The Morgan fingerprint density at radius 2 is 2.14 bits per heavy atom. The van der Waals surface area contributed by atoms with Gasteiger partial charge in [0, 0.05) is 16.8 Å². The lowest BCUT2D eigenvalue weighted by Crippen LogP contribution is -2.33. The largest absolute Gasteiger partial charge is 0.485 e. The van der Waals surface area contributed by atoms with Crippen LogP contribution in [0.15, 0.2) is 21.3 Å². The van der Waals surface area contributed by atoms with Gasteiger partial charge in [0.15, 0.2) is 11.3 Å². The Balaban J connectivity index is 2.29. The molecule has 0 N–H and O–H groups in total. The molecule has 0 saturated heterocycles. The first kappa shape index (κ1) is 15.4. The van der Waals surface area contributed by atoms with Crippen LogP contribution in [0.4, 0.5) is 0 Å². The Kier molecular flexibility index (Phi) is 3.93. The molecule has 0 fully saturated rings. The van der Waals surface area contributed by atoms with Gasteiger partial charge in [0.05, 0.1) is 6.61 Å². The molecule has 0 spiro atoms. The zero-order chi connectivity index (χ0) is 15.9. The highest BCUT2D eigenvalue weighted by atomic mass is 79.9. The van der Waals surface area contributed by atoms with Crippen molar-refractivity contribution in [1.29, 1.82) is 0 Å². The molecule has 2 heterocycles. The lowest BCUT2D eigenvalue weighted by atomic mass is 9.92. The van der Waals surface area contributed by atoms with Crippen LogP contribution >= 0.6 is 15.9 Å². The smallest absolute Gasteiger partial charge is 0.336 e. The summed E-state index contributed by atoms with van der Waals surface area (Å²) in [6, 6.07) is 3.57. The Morgan fingerprint density at radius 3 is 2.86 bits per heavy atom. The van der Waals surface area contributed by atoms with Crippen molar-refractivity contribution in [1.82, 2.24) is 0 Å².